The second-order valence-corrected chi connectivity index (χ2v) is 5.14. The van der Waals surface area contributed by atoms with Gasteiger partial charge in [-0.1, -0.05) is 36.9 Å². The van der Waals surface area contributed by atoms with E-state index in [4.69, 9.17) is 18.9 Å². The quantitative estimate of drug-likeness (QED) is 0.303. The summed E-state index contributed by atoms with van der Waals surface area (Å²) in [6.45, 7) is 3.76. The van der Waals surface area contributed by atoms with E-state index in [1.807, 2.05) is 54.6 Å². The molecule has 0 heterocycles. The van der Waals surface area contributed by atoms with Crippen LogP contribution in [0.5, 0.6) is 5.75 Å². The Morgan fingerprint density at radius 1 is 0.960 bits per heavy atom. The number of hydrogen-bond donors (Lipinski definition) is 0. The molecule has 0 aromatic heterocycles. The van der Waals surface area contributed by atoms with Crippen LogP contribution in [0.2, 0.25) is 0 Å². The third-order valence-corrected chi connectivity index (χ3v) is 3.73. The fourth-order valence-electron chi connectivity index (χ4n) is 2.51. The first-order valence-electron chi connectivity index (χ1n) is 7.84. The molecule has 2 aromatic carbocycles. The summed E-state index contributed by atoms with van der Waals surface area (Å²) in [5.41, 5.74) is 1.74. The van der Waals surface area contributed by atoms with E-state index in [2.05, 4.69) is 6.58 Å². The number of ether oxygens (including phenoxy) is 4. The molecule has 5 heteroatoms. The van der Waals surface area contributed by atoms with Crippen LogP contribution in [0.1, 0.15) is 11.1 Å². The zero-order valence-electron chi connectivity index (χ0n) is 14.4. The highest BCUT2D eigenvalue weighted by Gasteiger charge is 2.34. The highest BCUT2D eigenvalue weighted by molar-refractivity contribution is 5.81. The summed E-state index contributed by atoms with van der Waals surface area (Å²) in [5, 5.41) is 0. The minimum atomic E-state index is -0.987. The van der Waals surface area contributed by atoms with Crippen molar-refractivity contribution in [2.75, 3.05) is 27.4 Å². The molecule has 0 saturated carbocycles. The molecular formula is C20H22O5. The fourth-order valence-corrected chi connectivity index (χ4v) is 2.51. The van der Waals surface area contributed by atoms with E-state index in [0.29, 0.717) is 5.75 Å². The number of hydrogen-bond acceptors (Lipinski definition) is 5. The van der Waals surface area contributed by atoms with Crippen molar-refractivity contribution in [2.45, 2.75) is 5.79 Å². The lowest BCUT2D eigenvalue weighted by Gasteiger charge is -2.31. The van der Waals surface area contributed by atoms with E-state index in [-0.39, 0.29) is 13.2 Å². The van der Waals surface area contributed by atoms with Gasteiger partial charge in [-0.05, 0) is 24.3 Å². The zero-order valence-corrected chi connectivity index (χ0v) is 14.4. The summed E-state index contributed by atoms with van der Waals surface area (Å²) in [7, 11) is 3.21. The fraction of sp³-hybridized carbons (Fsp3) is 0.250. The molecule has 0 unspecified atom stereocenters. The van der Waals surface area contributed by atoms with Crippen molar-refractivity contribution in [2.24, 2.45) is 0 Å². The highest BCUT2D eigenvalue weighted by Crippen LogP contribution is 2.34. The van der Waals surface area contributed by atoms with Gasteiger partial charge in [-0.25, -0.2) is 4.79 Å². The maximum atomic E-state index is 11.0. The molecule has 0 amide bonds. The summed E-state index contributed by atoms with van der Waals surface area (Å²) < 4.78 is 21.8. The number of rotatable bonds is 9. The van der Waals surface area contributed by atoms with Gasteiger partial charge < -0.3 is 18.9 Å². The molecule has 5 nitrogen and oxygen atoms in total. The van der Waals surface area contributed by atoms with Crippen LogP contribution in [0.4, 0.5) is 0 Å². The van der Waals surface area contributed by atoms with Gasteiger partial charge in [0.25, 0.3) is 0 Å². The molecule has 2 rings (SSSR count). The second-order valence-electron chi connectivity index (χ2n) is 5.14. The van der Waals surface area contributed by atoms with Crippen molar-refractivity contribution in [1.82, 2.24) is 0 Å². The third kappa shape index (κ3) is 4.47. The van der Waals surface area contributed by atoms with Crippen LogP contribution in [0.3, 0.4) is 0 Å². The van der Waals surface area contributed by atoms with Crippen molar-refractivity contribution >= 4 is 5.97 Å². The first-order valence-corrected chi connectivity index (χ1v) is 7.84. The lowest BCUT2D eigenvalue weighted by Crippen LogP contribution is -2.32. The topological polar surface area (TPSA) is 54.0 Å². The number of carbonyl (C=O) groups is 1. The van der Waals surface area contributed by atoms with E-state index >= 15 is 0 Å². The average molecular weight is 342 g/mol. The molecule has 0 spiro atoms. The first kappa shape index (κ1) is 18.7. The highest BCUT2D eigenvalue weighted by atomic mass is 16.7. The normalized spacial score (nSPS) is 11.0. The second kappa shape index (κ2) is 9.01. The number of methoxy groups -OCH3 is 2. The Bertz CT molecular complexity index is 675. The van der Waals surface area contributed by atoms with E-state index in [0.717, 1.165) is 17.2 Å². The molecule has 0 atom stereocenters. The zero-order chi connectivity index (χ0) is 18.1. The van der Waals surface area contributed by atoms with Gasteiger partial charge in [0.05, 0.1) is 0 Å². The van der Waals surface area contributed by atoms with Crippen LogP contribution >= 0.6 is 0 Å². The van der Waals surface area contributed by atoms with Gasteiger partial charge in [-0.15, -0.1) is 0 Å². The Morgan fingerprint density at radius 3 is 2.12 bits per heavy atom. The van der Waals surface area contributed by atoms with Crippen LogP contribution in [-0.4, -0.2) is 33.4 Å². The maximum Gasteiger partial charge on any atom is 0.330 e. The van der Waals surface area contributed by atoms with Crippen molar-refractivity contribution in [3.05, 3.63) is 78.4 Å². The minimum absolute atomic E-state index is 0.163. The molecule has 0 aliphatic heterocycles. The lowest BCUT2D eigenvalue weighted by molar-refractivity contribution is -0.183. The number of carbonyl (C=O) groups excluding carboxylic acids is 1. The monoisotopic (exact) mass is 342 g/mol. The van der Waals surface area contributed by atoms with Crippen molar-refractivity contribution in [3.63, 3.8) is 0 Å². The van der Waals surface area contributed by atoms with Crippen LogP contribution in [0, 0.1) is 0 Å². The van der Waals surface area contributed by atoms with Gasteiger partial charge in [0.15, 0.2) is 0 Å². The van der Waals surface area contributed by atoms with Gasteiger partial charge in [0.1, 0.15) is 19.0 Å². The van der Waals surface area contributed by atoms with Crippen molar-refractivity contribution < 1.29 is 23.7 Å². The molecule has 2 aromatic rings. The summed E-state index contributed by atoms with van der Waals surface area (Å²) in [6, 6.07) is 17.1. The minimum Gasteiger partial charge on any atom is -0.490 e. The largest absolute Gasteiger partial charge is 0.490 e. The van der Waals surface area contributed by atoms with Gasteiger partial charge in [-0.3, -0.25) is 0 Å². The number of esters is 1. The Morgan fingerprint density at radius 2 is 1.56 bits per heavy atom. The predicted octanol–water partition coefficient (Wildman–Crippen LogP) is 3.29. The van der Waals surface area contributed by atoms with E-state index < -0.39 is 11.8 Å². The van der Waals surface area contributed by atoms with Crippen LogP contribution in [0.25, 0.3) is 0 Å². The SMILES string of the molecule is C=CC(=O)OCCOc1ccc(C(OC)(OC)c2ccccc2)cc1. The van der Waals surface area contributed by atoms with Crippen LogP contribution in [-0.2, 0) is 24.8 Å². The van der Waals surface area contributed by atoms with Crippen molar-refractivity contribution in [3.8, 4) is 5.75 Å². The summed E-state index contributed by atoms with van der Waals surface area (Å²) in [5.74, 6) is -0.793. The molecular weight excluding hydrogens is 320 g/mol. The van der Waals surface area contributed by atoms with E-state index in [9.17, 15) is 4.79 Å². The Balaban J connectivity index is 2.09. The molecule has 132 valence electrons. The van der Waals surface area contributed by atoms with Gasteiger partial charge in [0, 0.05) is 31.4 Å². The van der Waals surface area contributed by atoms with Gasteiger partial charge in [0.2, 0.25) is 5.79 Å². The molecule has 0 saturated heterocycles. The molecule has 25 heavy (non-hydrogen) atoms. The number of benzene rings is 2. The van der Waals surface area contributed by atoms with Crippen molar-refractivity contribution in [1.29, 1.82) is 0 Å². The summed E-state index contributed by atoms with van der Waals surface area (Å²) in [6.07, 6.45) is 1.12. The Labute approximate surface area is 147 Å². The summed E-state index contributed by atoms with van der Waals surface area (Å²) >= 11 is 0. The molecule has 0 bridgehead atoms. The third-order valence-electron chi connectivity index (χ3n) is 3.73. The molecule has 0 fully saturated rings. The van der Waals surface area contributed by atoms with Gasteiger partial charge >= 0.3 is 5.97 Å². The summed E-state index contributed by atoms with van der Waals surface area (Å²) in [4.78, 5) is 11.0. The van der Waals surface area contributed by atoms with Crippen LogP contribution < -0.4 is 4.74 Å². The molecule has 0 radical (unpaired) electrons. The molecule has 0 aliphatic rings. The molecule has 0 aliphatic carbocycles. The van der Waals surface area contributed by atoms with E-state index in [1.54, 1.807) is 14.2 Å². The van der Waals surface area contributed by atoms with Gasteiger partial charge in [-0.2, -0.15) is 0 Å². The first-order chi connectivity index (χ1) is 12.2. The predicted molar refractivity (Wildman–Crippen MR) is 94.3 cm³/mol. The standard InChI is InChI=1S/C20H22O5/c1-4-19(21)25-15-14-24-18-12-10-17(11-13-18)20(22-2,23-3)16-8-6-5-7-9-16/h4-13H,1,14-15H2,2-3H3. The average Bonchev–Trinajstić information content (AvgIpc) is 2.68. The Kier molecular flexibility index (Phi) is 6.74. The lowest BCUT2D eigenvalue weighted by atomic mass is 9.97. The Hall–Kier alpha value is -2.63. The van der Waals surface area contributed by atoms with Crippen LogP contribution in [0.15, 0.2) is 67.3 Å². The maximum absolute atomic E-state index is 11.0. The molecule has 0 N–H and O–H groups in total. The smallest absolute Gasteiger partial charge is 0.330 e. The van der Waals surface area contributed by atoms with E-state index in [1.165, 1.54) is 0 Å².